The van der Waals surface area contributed by atoms with E-state index < -0.39 is 5.97 Å². The van der Waals surface area contributed by atoms with Gasteiger partial charge in [0.15, 0.2) is 5.75 Å². The molecule has 0 aliphatic rings. The average molecular weight is 269 g/mol. The molecule has 2 rings (SSSR count). The summed E-state index contributed by atoms with van der Waals surface area (Å²) in [5, 5.41) is 18.5. The number of aromatic carboxylic acids is 1. The lowest BCUT2D eigenvalue weighted by molar-refractivity contribution is 0.0692. The van der Waals surface area contributed by atoms with Crippen LogP contribution in [0.15, 0.2) is 22.9 Å². The molecule has 2 aromatic rings. The van der Waals surface area contributed by atoms with Crippen LogP contribution in [0.3, 0.4) is 0 Å². The van der Waals surface area contributed by atoms with E-state index in [1.165, 1.54) is 6.20 Å². The molecule has 0 bridgehead atoms. The normalized spacial score (nSPS) is 10.5. The van der Waals surface area contributed by atoms with Crippen LogP contribution in [0.4, 0.5) is 0 Å². The van der Waals surface area contributed by atoms with Crippen LogP contribution in [-0.4, -0.2) is 26.2 Å². The Kier molecular flexibility index (Phi) is 2.28. The number of nitrogens with zero attached hydrogens (tertiary/aromatic N) is 2. The van der Waals surface area contributed by atoms with Gasteiger partial charge in [0.25, 0.3) is 0 Å². The number of hydrogen-bond acceptors (Lipinski definition) is 4. The van der Waals surface area contributed by atoms with Crippen molar-refractivity contribution < 1.29 is 15.0 Å². The van der Waals surface area contributed by atoms with Gasteiger partial charge in [-0.1, -0.05) is 0 Å². The molecule has 76 valence electrons. The second-order valence-electron chi connectivity index (χ2n) is 2.80. The lowest BCUT2D eigenvalue weighted by Crippen LogP contribution is -2.01. The molecule has 0 aliphatic heterocycles. The summed E-state index contributed by atoms with van der Waals surface area (Å²) < 4.78 is 0.0907. The minimum atomic E-state index is -1.25. The molecule has 2 heterocycles. The number of aromatic nitrogens is 2. The van der Waals surface area contributed by atoms with Gasteiger partial charge in [0.2, 0.25) is 0 Å². The molecule has 0 amide bonds. The number of pyridine rings is 2. The first-order chi connectivity index (χ1) is 7.11. The maximum absolute atomic E-state index is 10.8. The highest BCUT2D eigenvalue weighted by atomic mass is 79.9. The molecule has 0 radical (unpaired) electrons. The quantitative estimate of drug-likeness (QED) is 0.771. The van der Waals surface area contributed by atoms with Crippen LogP contribution in [0.1, 0.15) is 10.4 Å². The molecular weight excluding hydrogens is 264 g/mol. The number of carboxylic acids is 1. The predicted molar refractivity (Wildman–Crippen MR) is 55.9 cm³/mol. The van der Waals surface area contributed by atoms with Crippen molar-refractivity contribution in [3.63, 3.8) is 0 Å². The largest absolute Gasteiger partial charge is 0.505 e. The van der Waals surface area contributed by atoms with Crippen molar-refractivity contribution >= 4 is 32.9 Å². The summed E-state index contributed by atoms with van der Waals surface area (Å²) in [4.78, 5) is 18.7. The fourth-order valence-electron chi connectivity index (χ4n) is 1.24. The van der Waals surface area contributed by atoms with Gasteiger partial charge < -0.3 is 10.2 Å². The molecule has 0 unspecified atom stereocenters. The van der Waals surface area contributed by atoms with Crippen molar-refractivity contribution in [1.82, 2.24) is 9.97 Å². The zero-order valence-electron chi connectivity index (χ0n) is 7.31. The van der Waals surface area contributed by atoms with Gasteiger partial charge in [0.05, 0.1) is 5.52 Å². The first kappa shape index (κ1) is 9.85. The topological polar surface area (TPSA) is 83.3 Å². The highest BCUT2D eigenvalue weighted by molar-refractivity contribution is 9.10. The zero-order chi connectivity index (χ0) is 11.0. The van der Waals surface area contributed by atoms with Crippen molar-refractivity contribution in [2.75, 3.05) is 0 Å². The Balaban J connectivity index is 2.90. The number of fused-ring (bicyclic) bond motifs is 1. The molecule has 0 saturated heterocycles. The second-order valence-corrected chi connectivity index (χ2v) is 3.55. The van der Waals surface area contributed by atoms with Gasteiger partial charge >= 0.3 is 5.97 Å². The van der Waals surface area contributed by atoms with E-state index in [1.54, 1.807) is 12.1 Å². The number of hydrogen-bond donors (Lipinski definition) is 2. The van der Waals surface area contributed by atoms with Crippen LogP contribution in [0.2, 0.25) is 0 Å². The summed E-state index contributed by atoms with van der Waals surface area (Å²) in [6.45, 7) is 0. The van der Waals surface area contributed by atoms with Gasteiger partial charge in [0.1, 0.15) is 15.7 Å². The Morgan fingerprint density at radius 1 is 1.47 bits per heavy atom. The van der Waals surface area contributed by atoms with Crippen LogP contribution in [0.25, 0.3) is 11.0 Å². The van der Waals surface area contributed by atoms with E-state index in [0.717, 1.165) is 0 Å². The lowest BCUT2D eigenvalue weighted by atomic mass is 10.2. The highest BCUT2D eigenvalue weighted by Gasteiger charge is 2.19. The van der Waals surface area contributed by atoms with Crippen LogP contribution < -0.4 is 0 Å². The molecule has 2 aromatic heterocycles. The molecule has 5 nitrogen and oxygen atoms in total. The van der Waals surface area contributed by atoms with E-state index in [1.807, 2.05) is 0 Å². The average Bonchev–Trinajstić information content (AvgIpc) is 2.17. The van der Waals surface area contributed by atoms with Crippen LogP contribution in [-0.2, 0) is 0 Å². The standard InChI is InChI=1S/C9H5BrN2O3/c10-8-5(9(14)15)7(13)6-4(12-8)2-1-3-11-6/h1-3H,(H,12,13)(H,14,15). The molecule has 6 heteroatoms. The molecule has 0 spiro atoms. The number of aromatic hydroxyl groups is 1. The summed E-state index contributed by atoms with van der Waals surface area (Å²) in [5.41, 5.74) is 0.339. The SMILES string of the molecule is O=C(O)c1c(Br)nc2cccnc2c1O. The lowest BCUT2D eigenvalue weighted by Gasteiger charge is -2.04. The Hall–Kier alpha value is -1.69. The summed E-state index contributed by atoms with van der Waals surface area (Å²) in [6.07, 6.45) is 1.46. The molecule has 0 fully saturated rings. The molecule has 0 aromatic carbocycles. The Labute approximate surface area is 92.5 Å². The Bertz CT molecular complexity index is 556. The Morgan fingerprint density at radius 3 is 2.87 bits per heavy atom. The van der Waals surface area contributed by atoms with Gasteiger partial charge in [-0.2, -0.15) is 0 Å². The van der Waals surface area contributed by atoms with Crippen molar-refractivity contribution in [2.45, 2.75) is 0 Å². The summed E-state index contributed by atoms with van der Waals surface area (Å²) >= 11 is 2.99. The van der Waals surface area contributed by atoms with E-state index in [4.69, 9.17) is 5.11 Å². The third-order valence-electron chi connectivity index (χ3n) is 1.89. The molecule has 15 heavy (non-hydrogen) atoms. The molecule has 2 N–H and O–H groups in total. The summed E-state index contributed by atoms with van der Waals surface area (Å²) in [6, 6.07) is 3.29. The Morgan fingerprint density at radius 2 is 2.20 bits per heavy atom. The molecule has 0 aliphatic carbocycles. The molecular formula is C9H5BrN2O3. The first-order valence-electron chi connectivity index (χ1n) is 3.97. The van der Waals surface area contributed by atoms with Gasteiger partial charge in [0, 0.05) is 6.20 Å². The van der Waals surface area contributed by atoms with Crippen LogP contribution in [0.5, 0.6) is 5.75 Å². The van der Waals surface area contributed by atoms with E-state index in [9.17, 15) is 9.90 Å². The number of rotatable bonds is 1. The number of halogens is 1. The maximum Gasteiger partial charge on any atom is 0.342 e. The van der Waals surface area contributed by atoms with Gasteiger partial charge in [-0.05, 0) is 28.1 Å². The van der Waals surface area contributed by atoms with E-state index >= 15 is 0 Å². The summed E-state index contributed by atoms with van der Waals surface area (Å²) in [5.74, 6) is -1.63. The van der Waals surface area contributed by atoms with Crippen molar-refractivity contribution in [2.24, 2.45) is 0 Å². The fraction of sp³-hybridized carbons (Fsp3) is 0. The summed E-state index contributed by atoms with van der Waals surface area (Å²) in [7, 11) is 0. The second kappa shape index (κ2) is 3.47. The minimum Gasteiger partial charge on any atom is -0.505 e. The first-order valence-corrected chi connectivity index (χ1v) is 4.77. The third-order valence-corrected chi connectivity index (χ3v) is 2.46. The van der Waals surface area contributed by atoms with Crippen molar-refractivity contribution in [3.05, 3.63) is 28.5 Å². The van der Waals surface area contributed by atoms with Crippen LogP contribution in [0, 0.1) is 0 Å². The van der Waals surface area contributed by atoms with Gasteiger partial charge in [-0.15, -0.1) is 0 Å². The smallest absolute Gasteiger partial charge is 0.342 e. The van der Waals surface area contributed by atoms with Gasteiger partial charge in [-0.3, -0.25) is 4.98 Å². The molecule has 0 saturated carbocycles. The van der Waals surface area contributed by atoms with Crippen molar-refractivity contribution in [1.29, 1.82) is 0 Å². The monoisotopic (exact) mass is 268 g/mol. The van der Waals surface area contributed by atoms with Crippen LogP contribution >= 0.6 is 15.9 Å². The fourth-order valence-corrected chi connectivity index (χ4v) is 1.79. The number of carboxylic acid groups (broad SMARTS) is 1. The van der Waals surface area contributed by atoms with Crippen molar-refractivity contribution in [3.8, 4) is 5.75 Å². The van der Waals surface area contributed by atoms with E-state index in [0.29, 0.717) is 5.52 Å². The molecule has 0 atom stereocenters. The minimum absolute atomic E-state index is 0.0907. The van der Waals surface area contributed by atoms with E-state index in [-0.39, 0.29) is 21.4 Å². The number of carbonyl (C=O) groups is 1. The zero-order valence-corrected chi connectivity index (χ0v) is 8.89. The third kappa shape index (κ3) is 1.52. The van der Waals surface area contributed by atoms with Gasteiger partial charge in [-0.25, -0.2) is 9.78 Å². The van der Waals surface area contributed by atoms with E-state index in [2.05, 4.69) is 25.9 Å². The maximum atomic E-state index is 10.8. The predicted octanol–water partition coefficient (Wildman–Crippen LogP) is 1.80. The highest BCUT2D eigenvalue weighted by Crippen LogP contribution is 2.30.